The first-order chi connectivity index (χ1) is 11.3. The molecule has 5 nitrogen and oxygen atoms in total. The Kier molecular flexibility index (Phi) is 6.09. The minimum Gasteiger partial charge on any atom is -0.449 e. The molecule has 7 heteroatoms. The first-order valence-electron chi connectivity index (χ1n) is 7.75. The van der Waals surface area contributed by atoms with Crippen molar-refractivity contribution in [1.29, 1.82) is 5.26 Å². The average molecular weight is 369 g/mol. The van der Waals surface area contributed by atoms with Crippen molar-refractivity contribution in [3.63, 3.8) is 0 Å². The van der Waals surface area contributed by atoms with Gasteiger partial charge >= 0.3 is 5.97 Å². The number of esters is 1. The molecule has 128 valence electrons. The van der Waals surface area contributed by atoms with E-state index in [4.69, 9.17) is 27.9 Å². The van der Waals surface area contributed by atoms with Crippen LogP contribution in [0.4, 0.5) is 0 Å². The Morgan fingerprint density at radius 1 is 1.21 bits per heavy atom. The van der Waals surface area contributed by atoms with Crippen LogP contribution in [0.5, 0.6) is 0 Å². The molecule has 0 spiro atoms. The Bertz CT molecular complexity index is 659. The lowest BCUT2D eigenvalue weighted by atomic mass is 9.83. The van der Waals surface area contributed by atoms with E-state index >= 15 is 0 Å². The Balaban J connectivity index is 2.00. The largest absolute Gasteiger partial charge is 0.449 e. The maximum absolute atomic E-state index is 12.3. The predicted molar refractivity (Wildman–Crippen MR) is 90.9 cm³/mol. The van der Waals surface area contributed by atoms with E-state index in [-0.39, 0.29) is 5.56 Å². The zero-order valence-corrected chi connectivity index (χ0v) is 14.8. The van der Waals surface area contributed by atoms with Gasteiger partial charge in [-0.05, 0) is 38.0 Å². The van der Waals surface area contributed by atoms with E-state index in [9.17, 15) is 14.9 Å². The predicted octanol–water partition coefficient (Wildman–Crippen LogP) is 3.88. The average Bonchev–Trinajstić information content (AvgIpc) is 2.54. The molecule has 0 heterocycles. The number of nitrogens with zero attached hydrogens (tertiary/aromatic N) is 1. The van der Waals surface area contributed by atoms with Gasteiger partial charge in [0.25, 0.3) is 5.91 Å². The lowest BCUT2D eigenvalue weighted by molar-refractivity contribution is -0.130. The highest BCUT2D eigenvalue weighted by Gasteiger charge is 2.35. The van der Waals surface area contributed by atoms with E-state index in [2.05, 4.69) is 11.4 Å². The molecule has 1 aliphatic rings. The molecule has 1 aromatic carbocycles. The summed E-state index contributed by atoms with van der Waals surface area (Å²) < 4.78 is 5.16. The number of benzene rings is 1. The van der Waals surface area contributed by atoms with Crippen molar-refractivity contribution < 1.29 is 14.3 Å². The van der Waals surface area contributed by atoms with Crippen LogP contribution in [0.2, 0.25) is 10.0 Å². The number of nitriles is 1. The molecule has 1 amide bonds. The van der Waals surface area contributed by atoms with Crippen molar-refractivity contribution in [2.24, 2.45) is 0 Å². The summed E-state index contributed by atoms with van der Waals surface area (Å²) in [5.41, 5.74) is -0.699. The number of hydrogen-bond donors (Lipinski definition) is 1. The summed E-state index contributed by atoms with van der Waals surface area (Å²) in [6.07, 6.45) is 3.03. The summed E-state index contributed by atoms with van der Waals surface area (Å²) in [6.45, 7) is 1.47. The van der Waals surface area contributed by atoms with Crippen LogP contribution in [-0.2, 0) is 9.53 Å². The SMILES string of the molecule is C[C@@H](OC(=O)c1cc(Cl)cc(Cl)c1)C(=O)NC1(C#N)CCCCC1. The fourth-order valence-electron chi connectivity index (χ4n) is 2.71. The first kappa shape index (κ1) is 18.6. The molecule has 1 N–H and O–H groups in total. The van der Waals surface area contributed by atoms with Crippen LogP contribution in [0.25, 0.3) is 0 Å². The molecule has 2 rings (SSSR count). The molecule has 0 aromatic heterocycles. The number of ether oxygens (including phenoxy) is 1. The number of rotatable bonds is 4. The summed E-state index contributed by atoms with van der Waals surface area (Å²) in [6, 6.07) is 6.52. The van der Waals surface area contributed by atoms with Gasteiger partial charge in [0, 0.05) is 10.0 Å². The standard InChI is InChI=1S/C17H18Cl2N2O3/c1-11(15(22)21-17(10-20)5-3-2-4-6-17)24-16(23)12-7-13(18)9-14(19)8-12/h7-9,11H,2-6H2,1H3,(H,21,22)/t11-/m1/s1. The van der Waals surface area contributed by atoms with Crippen molar-refractivity contribution in [2.75, 3.05) is 0 Å². The Hall–Kier alpha value is -1.77. The molecule has 1 saturated carbocycles. The minimum atomic E-state index is -1.03. The van der Waals surface area contributed by atoms with Gasteiger partial charge in [0.05, 0.1) is 11.6 Å². The first-order valence-corrected chi connectivity index (χ1v) is 8.51. The number of hydrogen-bond acceptors (Lipinski definition) is 4. The van der Waals surface area contributed by atoms with Crippen LogP contribution in [0.3, 0.4) is 0 Å². The normalized spacial score (nSPS) is 17.4. The van der Waals surface area contributed by atoms with E-state index in [1.54, 1.807) is 0 Å². The van der Waals surface area contributed by atoms with Gasteiger partial charge in [0.2, 0.25) is 0 Å². The molecular formula is C17H18Cl2N2O3. The Morgan fingerprint density at radius 3 is 2.33 bits per heavy atom. The Labute approximate surface area is 150 Å². The minimum absolute atomic E-state index is 0.166. The van der Waals surface area contributed by atoms with Crippen molar-refractivity contribution in [1.82, 2.24) is 5.32 Å². The Morgan fingerprint density at radius 2 is 1.79 bits per heavy atom. The molecule has 1 fully saturated rings. The van der Waals surface area contributed by atoms with E-state index in [1.807, 2.05) is 0 Å². The molecule has 0 aliphatic heterocycles. The third-order valence-corrected chi connectivity index (χ3v) is 4.47. The topological polar surface area (TPSA) is 79.2 Å². The zero-order chi connectivity index (χ0) is 17.7. The summed E-state index contributed by atoms with van der Waals surface area (Å²) in [7, 11) is 0. The van der Waals surface area contributed by atoms with Crippen LogP contribution < -0.4 is 5.32 Å². The number of carbonyl (C=O) groups excluding carboxylic acids is 2. The number of carbonyl (C=O) groups is 2. The second-order valence-corrected chi connectivity index (χ2v) is 6.82. The molecule has 1 aromatic rings. The molecule has 0 saturated heterocycles. The van der Waals surface area contributed by atoms with Crippen molar-refractivity contribution in [2.45, 2.75) is 50.7 Å². The highest BCUT2D eigenvalue weighted by Crippen LogP contribution is 2.27. The smallest absolute Gasteiger partial charge is 0.339 e. The third kappa shape index (κ3) is 4.62. The molecule has 0 bridgehead atoms. The molecule has 0 unspecified atom stereocenters. The fourth-order valence-corrected chi connectivity index (χ4v) is 3.24. The summed E-state index contributed by atoms with van der Waals surface area (Å²) in [4.78, 5) is 24.4. The fraction of sp³-hybridized carbons (Fsp3) is 0.471. The quantitative estimate of drug-likeness (QED) is 0.817. The van der Waals surface area contributed by atoms with Crippen molar-refractivity contribution in [3.05, 3.63) is 33.8 Å². The van der Waals surface area contributed by atoms with E-state index in [0.29, 0.717) is 22.9 Å². The maximum atomic E-state index is 12.3. The number of amides is 1. The van der Waals surface area contributed by atoms with Gasteiger partial charge in [0.15, 0.2) is 6.10 Å². The molecular weight excluding hydrogens is 351 g/mol. The van der Waals surface area contributed by atoms with E-state index in [0.717, 1.165) is 19.3 Å². The van der Waals surface area contributed by atoms with Crippen molar-refractivity contribution in [3.8, 4) is 6.07 Å². The van der Waals surface area contributed by atoms with Gasteiger partial charge in [-0.2, -0.15) is 5.26 Å². The van der Waals surface area contributed by atoms with Crippen LogP contribution >= 0.6 is 23.2 Å². The molecule has 1 aliphatic carbocycles. The van der Waals surface area contributed by atoms with Crippen LogP contribution in [0.15, 0.2) is 18.2 Å². The zero-order valence-electron chi connectivity index (χ0n) is 13.3. The third-order valence-electron chi connectivity index (χ3n) is 4.03. The number of nitrogens with one attached hydrogen (secondary N) is 1. The van der Waals surface area contributed by atoms with Crippen LogP contribution in [-0.4, -0.2) is 23.5 Å². The summed E-state index contributed by atoms with van der Waals surface area (Å²) in [5, 5.41) is 12.7. The summed E-state index contributed by atoms with van der Waals surface area (Å²) in [5.74, 6) is -1.18. The van der Waals surface area contributed by atoms with Crippen LogP contribution in [0.1, 0.15) is 49.4 Å². The maximum Gasteiger partial charge on any atom is 0.339 e. The lowest BCUT2D eigenvalue weighted by Crippen LogP contribution is -2.52. The lowest BCUT2D eigenvalue weighted by Gasteiger charge is -2.32. The molecule has 24 heavy (non-hydrogen) atoms. The van der Waals surface area contributed by atoms with Gasteiger partial charge in [0.1, 0.15) is 5.54 Å². The van der Waals surface area contributed by atoms with Gasteiger partial charge in [-0.1, -0.05) is 42.5 Å². The monoisotopic (exact) mass is 368 g/mol. The second kappa shape index (κ2) is 7.87. The van der Waals surface area contributed by atoms with Gasteiger partial charge in [-0.15, -0.1) is 0 Å². The van der Waals surface area contributed by atoms with Gasteiger partial charge in [-0.3, -0.25) is 4.79 Å². The highest BCUT2D eigenvalue weighted by molar-refractivity contribution is 6.35. The van der Waals surface area contributed by atoms with Crippen molar-refractivity contribution >= 4 is 35.1 Å². The van der Waals surface area contributed by atoms with Gasteiger partial charge < -0.3 is 10.1 Å². The number of halogens is 2. The van der Waals surface area contributed by atoms with E-state index in [1.165, 1.54) is 25.1 Å². The molecule has 0 radical (unpaired) electrons. The van der Waals surface area contributed by atoms with E-state index < -0.39 is 23.5 Å². The summed E-state index contributed by atoms with van der Waals surface area (Å²) >= 11 is 11.7. The van der Waals surface area contributed by atoms with Gasteiger partial charge in [-0.25, -0.2) is 4.79 Å². The second-order valence-electron chi connectivity index (χ2n) is 5.95. The van der Waals surface area contributed by atoms with Crippen LogP contribution in [0, 0.1) is 11.3 Å². The highest BCUT2D eigenvalue weighted by atomic mass is 35.5. The molecule has 1 atom stereocenters.